The van der Waals surface area contributed by atoms with Gasteiger partial charge in [0.2, 0.25) is 6.29 Å². The van der Waals surface area contributed by atoms with E-state index in [1.165, 1.54) is 20.3 Å². The van der Waals surface area contributed by atoms with Crippen molar-refractivity contribution in [2.75, 3.05) is 7.11 Å². The van der Waals surface area contributed by atoms with E-state index in [1.807, 2.05) is 0 Å². The van der Waals surface area contributed by atoms with Gasteiger partial charge in [0.25, 0.3) is 0 Å². The molecule has 1 aliphatic carbocycles. The fraction of sp³-hybridized carbons (Fsp3) is 0.444. The van der Waals surface area contributed by atoms with Crippen LogP contribution in [0.1, 0.15) is 13.8 Å². The fourth-order valence-corrected chi connectivity index (χ4v) is 4.08. The molecule has 142 valence electrons. The average molecular weight is 373 g/mol. The zero-order valence-electron chi connectivity index (χ0n) is 15.0. The fourth-order valence-electron chi connectivity index (χ4n) is 4.08. The van der Waals surface area contributed by atoms with Gasteiger partial charge in [0.05, 0.1) is 17.8 Å². The van der Waals surface area contributed by atoms with Crippen molar-refractivity contribution < 1.29 is 29.0 Å². The number of methoxy groups -OCH3 is 1. The number of carbonyl (C=O) groups excluding carboxylic acids is 2. The predicted octanol–water partition coefficient (Wildman–Crippen LogP) is 0.475. The molecule has 1 saturated carbocycles. The summed E-state index contributed by atoms with van der Waals surface area (Å²) in [6, 6.07) is 7.02. The second-order valence-electron chi connectivity index (χ2n) is 7.00. The smallest absolute Gasteiger partial charge is 0.365 e. The Bertz CT molecular complexity index is 949. The highest BCUT2D eigenvalue weighted by Gasteiger charge is 2.62. The van der Waals surface area contributed by atoms with Gasteiger partial charge in [0.15, 0.2) is 5.78 Å². The molecule has 1 aliphatic heterocycles. The summed E-state index contributed by atoms with van der Waals surface area (Å²) in [5, 5.41) is 18.5. The Kier molecular flexibility index (Phi) is 4.01. The summed E-state index contributed by atoms with van der Waals surface area (Å²) in [6.45, 7) is 3.09. The largest absolute Gasteiger partial charge is 0.472 e. The molecule has 4 rings (SSSR count). The van der Waals surface area contributed by atoms with Crippen LogP contribution in [0.3, 0.4) is 0 Å². The van der Waals surface area contributed by atoms with Gasteiger partial charge < -0.3 is 19.4 Å². The molecule has 2 heterocycles. The van der Waals surface area contributed by atoms with E-state index in [0.29, 0.717) is 11.0 Å². The van der Waals surface area contributed by atoms with Crippen molar-refractivity contribution in [1.29, 1.82) is 0 Å². The lowest BCUT2D eigenvalue weighted by Gasteiger charge is -2.37. The molecule has 0 bridgehead atoms. The van der Waals surface area contributed by atoms with Crippen LogP contribution < -0.4 is 4.84 Å². The highest BCUT2D eigenvalue weighted by molar-refractivity contribution is 5.97. The molecule has 1 unspecified atom stereocenters. The minimum Gasteiger partial charge on any atom is -0.472 e. The molecule has 1 aromatic heterocycles. The van der Waals surface area contributed by atoms with Gasteiger partial charge in [-0.3, -0.25) is 4.79 Å². The molecule has 5 atom stereocenters. The number of aromatic nitrogens is 3. The Morgan fingerprint density at radius 2 is 2.11 bits per heavy atom. The van der Waals surface area contributed by atoms with Crippen molar-refractivity contribution in [2.24, 2.45) is 17.8 Å². The Hall–Kier alpha value is -2.78. The van der Waals surface area contributed by atoms with Crippen LogP contribution in [0.5, 0.6) is 0 Å². The number of fused-ring (bicyclic) bond motifs is 2. The van der Waals surface area contributed by atoms with Crippen molar-refractivity contribution in [3.63, 3.8) is 0 Å². The Labute approximate surface area is 154 Å². The van der Waals surface area contributed by atoms with E-state index in [0.717, 1.165) is 4.85 Å². The maximum Gasteiger partial charge on any atom is 0.365 e. The van der Waals surface area contributed by atoms with Crippen molar-refractivity contribution >= 4 is 22.8 Å². The molecule has 0 spiro atoms. The number of ether oxygens (including phenoxy) is 2. The molecule has 9 nitrogen and oxygen atoms in total. The van der Waals surface area contributed by atoms with E-state index in [2.05, 4.69) is 10.3 Å². The van der Waals surface area contributed by atoms with E-state index in [4.69, 9.17) is 14.3 Å². The molecule has 1 aromatic carbocycles. The van der Waals surface area contributed by atoms with Gasteiger partial charge in [-0.1, -0.05) is 23.9 Å². The summed E-state index contributed by atoms with van der Waals surface area (Å²) in [4.78, 5) is 31.7. The van der Waals surface area contributed by atoms with Crippen LogP contribution in [0.4, 0.5) is 0 Å². The van der Waals surface area contributed by atoms with E-state index in [-0.39, 0.29) is 11.4 Å². The summed E-state index contributed by atoms with van der Waals surface area (Å²) in [6.07, 6.45) is 0.393. The number of benzene rings is 1. The average Bonchev–Trinajstić information content (AvgIpc) is 3.15. The van der Waals surface area contributed by atoms with Crippen LogP contribution in [0.25, 0.3) is 11.0 Å². The number of hydrogen-bond acceptors (Lipinski definition) is 8. The van der Waals surface area contributed by atoms with Crippen molar-refractivity contribution in [2.45, 2.75) is 25.7 Å². The summed E-state index contributed by atoms with van der Waals surface area (Å²) in [5.41, 5.74) is -0.433. The van der Waals surface area contributed by atoms with Crippen LogP contribution in [-0.2, 0) is 19.1 Å². The SMILES string of the molecule is COC1OC=C(C(=O)On2nnc3ccccc32)[C@H]2[C@H](C)C(=O)[C@](C)(O)[C@@H]12. The molecule has 1 fully saturated rings. The zero-order chi connectivity index (χ0) is 19.3. The van der Waals surface area contributed by atoms with Gasteiger partial charge in [-0.15, -0.1) is 5.10 Å². The maximum atomic E-state index is 12.8. The van der Waals surface area contributed by atoms with E-state index in [1.54, 1.807) is 31.2 Å². The number of nitrogens with zero attached hydrogens (tertiary/aromatic N) is 3. The molecular formula is C18H19N3O6. The third-order valence-electron chi connectivity index (χ3n) is 5.43. The molecule has 9 heteroatoms. The highest BCUT2D eigenvalue weighted by Crippen LogP contribution is 2.49. The molecule has 27 heavy (non-hydrogen) atoms. The number of hydrogen-bond donors (Lipinski definition) is 1. The topological polar surface area (TPSA) is 113 Å². The minimum absolute atomic E-state index is 0.145. The first kappa shape index (κ1) is 17.6. The first-order valence-electron chi connectivity index (χ1n) is 8.54. The van der Waals surface area contributed by atoms with Crippen molar-refractivity contribution in [1.82, 2.24) is 15.2 Å². The summed E-state index contributed by atoms with van der Waals surface area (Å²) in [7, 11) is 1.42. The third-order valence-corrected chi connectivity index (χ3v) is 5.43. The second kappa shape index (κ2) is 6.14. The van der Waals surface area contributed by atoms with Gasteiger partial charge >= 0.3 is 5.97 Å². The van der Waals surface area contributed by atoms with Crippen molar-refractivity contribution in [3.05, 3.63) is 36.1 Å². The van der Waals surface area contributed by atoms with Gasteiger partial charge in [-0.2, -0.15) is 0 Å². The van der Waals surface area contributed by atoms with Crippen LogP contribution >= 0.6 is 0 Å². The first-order chi connectivity index (χ1) is 12.9. The summed E-state index contributed by atoms with van der Waals surface area (Å²) in [5.74, 6) is -3.03. The number of Topliss-reactive ketones (excluding diaryl/α,β-unsaturated/α-hetero) is 1. The number of aliphatic hydroxyl groups is 1. The normalized spacial score (nSPS) is 32.7. The maximum absolute atomic E-state index is 12.8. The van der Waals surface area contributed by atoms with Crippen LogP contribution in [-0.4, -0.2) is 51.0 Å². The highest BCUT2D eigenvalue weighted by atomic mass is 16.7. The molecule has 1 N–H and O–H groups in total. The Morgan fingerprint density at radius 3 is 2.85 bits per heavy atom. The standard InChI is InChI=1S/C18H19N3O6/c1-9-13-10(8-26-17(25-3)14(13)18(2,24)15(9)22)16(23)27-21-12-7-5-4-6-11(12)19-20-21/h4-9,13-14,17,24H,1-3H3/t9-,13+,14+,17?,18+/m0/s1. The predicted molar refractivity (Wildman–Crippen MR) is 90.9 cm³/mol. The summed E-state index contributed by atoms with van der Waals surface area (Å²) >= 11 is 0. The lowest BCUT2D eigenvalue weighted by atomic mass is 9.79. The van der Waals surface area contributed by atoms with Crippen molar-refractivity contribution in [3.8, 4) is 0 Å². The number of rotatable bonds is 3. The first-order valence-corrected chi connectivity index (χ1v) is 8.54. The van der Waals surface area contributed by atoms with Gasteiger partial charge in [0.1, 0.15) is 16.6 Å². The second-order valence-corrected chi connectivity index (χ2v) is 7.00. The number of ketones is 1. The summed E-state index contributed by atoms with van der Waals surface area (Å²) < 4.78 is 10.7. The molecule has 2 aromatic rings. The van der Waals surface area contributed by atoms with E-state index in [9.17, 15) is 14.7 Å². The molecule has 0 amide bonds. The molecule has 2 aliphatic rings. The number of para-hydroxylation sites is 1. The molecular weight excluding hydrogens is 354 g/mol. The number of carbonyl (C=O) groups is 2. The lowest BCUT2D eigenvalue weighted by molar-refractivity contribution is -0.184. The van der Waals surface area contributed by atoms with Gasteiger partial charge in [-0.25, -0.2) is 4.79 Å². The quantitative estimate of drug-likeness (QED) is 0.773. The Balaban J connectivity index is 1.67. The van der Waals surface area contributed by atoms with Crippen LogP contribution in [0.15, 0.2) is 36.1 Å². The molecule has 0 radical (unpaired) electrons. The Morgan fingerprint density at radius 1 is 1.37 bits per heavy atom. The van der Waals surface area contributed by atoms with Crippen LogP contribution in [0.2, 0.25) is 0 Å². The van der Waals surface area contributed by atoms with E-state index < -0.39 is 35.6 Å². The monoisotopic (exact) mass is 373 g/mol. The van der Waals surface area contributed by atoms with Gasteiger partial charge in [-0.05, 0) is 24.3 Å². The van der Waals surface area contributed by atoms with Gasteiger partial charge in [0, 0.05) is 18.9 Å². The zero-order valence-corrected chi connectivity index (χ0v) is 15.0. The third kappa shape index (κ3) is 2.54. The van der Waals surface area contributed by atoms with E-state index >= 15 is 0 Å². The van der Waals surface area contributed by atoms with Crippen LogP contribution in [0, 0.1) is 17.8 Å². The lowest BCUT2D eigenvalue weighted by Crippen LogP contribution is -2.48. The minimum atomic E-state index is -1.68. The molecule has 0 saturated heterocycles.